The van der Waals surface area contributed by atoms with E-state index in [9.17, 15) is 15.8 Å². The van der Waals surface area contributed by atoms with E-state index < -0.39 is 6.04 Å². The van der Waals surface area contributed by atoms with Crippen molar-refractivity contribution >= 4 is 33.9 Å². The van der Waals surface area contributed by atoms with Gasteiger partial charge in [0.1, 0.15) is 11.8 Å². The largest absolute Gasteiger partial charge is 0.377 e. The fourth-order valence-corrected chi connectivity index (χ4v) is 5.46. The molecule has 3 aromatic carbocycles. The standard InChI is InChI=1S/C33H26ClN9/c34-28-16-25(39-32(23-9-4-6-21(14-23)17-36)30-20-43(42-41-30)26-11-12-26)15-27-31(24(18-37)19-38-33(27)28)40-29(10-5-13-35)22-7-2-1-3-8-22/h1-4,6-9,14-16,19-20,26,29,32,39H,5,10-12H2,(H,38,40)/t29-,32?/m1/s1. The summed E-state index contributed by atoms with van der Waals surface area (Å²) in [6.07, 6.45) is 6.51. The minimum Gasteiger partial charge on any atom is -0.377 e. The van der Waals surface area contributed by atoms with Crippen LogP contribution < -0.4 is 10.6 Å². The van der Waals surface area contributed by atoms with E-state index in [-0.39, 0.29) is 6.04 Å². The van der Waals surface area contributed by atoms with Gasteiger partial charge >= 0.3 is 0 Å². The van der Waals surface area contributed by atoms with Crippen LogP contribution in [0.15, 0.2) is 79.1 Å². The zero-order valence-corrected chi connectivity index (χ0v) is 23.8. The maximum atomic E-state index is 10.0. The van der Waals surface area contributed by atoms with Crippen molar-refractivity contribution in [1.29, 1.82) is 15.8 Å². The Hall–Kier alpha value is -5.43. The van der Waals surface area contributed by atoms with Crippen molar-refractivity contribution in [2.75, 3.05) is 10.6 Å². The van der Waals surface area contributed by atoms with Crippen LogP contribution >= 0.6 is 11.6 Å². The molecule has 0 saturated heterocycles. The van der Waals surface area contributed by atoms with Crippen LogP contribution in [0.5, 0.6) is 0 Å². The third-order valence-electron chi connectivity index (χ3n) is 7.52. The van der Waals surface area contributed by atoms with E-state index in [0.717, 1.165) is 24.0 Å². The van der Waals surface area contributed by atoms with Gasteiger partial charge in [0, 0.05) is 23.7 Å². The molecule has 2 aromatic heterocycles. The summed E-state index contributed by atoms with van der Waals surface area (Å²) in [6, 6.07) is 27.4. The Labute approximate surface area is 254 Å². The fourth-order valence-electron chi connectivity index (χ4n) is 5.20. The van der Waals surface area contributed by atoms with Gasteiger partial charge in [0.25, 0.3) is 0 Å². The molecule has 6 rings (SSSR count). The number of anilines is 2. The molecule has 10 heteroatoms. The molecule has 210 valence electrons. The molecule has 0 radical (unpaired) electrons. The highest BCUT2D eigenvalue weighted by molar-refractivity contribution is 6.35. The number of aromatic nitrogens is 4. The van der Waals surface area contributed by atoms with E-state index in [1.165, 1.54) is 6.20 Å². The lowest BCUT2D eigenvalue weighted by molar-refractivity contribution is 0.610. The maximum Gasteiger partial charge on any atom is 0.109 e. The Morgan fingerprint density at radius 2 is 1.77 bits per heavy atom. The molecule has 2 atom stereocenters. The Balaban J connectivity index is 1.43. The van der Waals surface area contributed by atoms with Crippen LogP contribution in [0.3, 0.4) is 0 Å². The third-order valence-corrected chi connectivity index (χ3v) is 7.80. The SMILES string of the molecule is N#CCC[C@@H](Nc1c(C#N)cnc2c(Cl)cc(NC(c3cccc(C#N)c3)c3cn(C4CC4)nn3)cc12)c1ccccc1. The van der Waals surface area contributed by atoms with Crippen LogP contribution in [0.25, 0.3) is 10.9 Å². The molecule has 1 aliphatic rings. The number of benzene rings is 3. The van der Waals surface area contributed by atoms with Crippen LogP contribution in [-0.4, -0.2) is 20.0 Å². The molecular weight excluding hydrogens is 558 g/mol. The summed E-state index contributed by atoms with van der Waals surface area (Å²) >= 11 is 6.81. The zero-order valence-electron chi connectivity index (χ0n) is 23.1. The first-order chi connectivity index (χ1) is 21.1. The second kappa shape index (κ2) is 12.2. The Kier molecular flexibility index (Phi) is 7.87. The first kappa shape index (κ1) is 27.7. The number of pyridine rings is 1. The molecule has 1 aliphatic carbocycles. The van der Waals surface area contributed by atoms with E-state index in [1.807, 2.05) is 65.5 Å². The second-order valence-electron chi connectivity index (χ2n) is 10.5. The first-order valence-corrected chi connectivity index (χ1v) is 14.3. The molecule has 1 fully saturated rings. The van der Waals surface area contributed by atoms with Crippen LogP contribution in [0.4, 0.5) is 11.4 Å². The van der Waals surface area contributed by atoms with Gasteiger partial charge in [-0.1, -0.05) is 59.3 Å². The zero-order chi connectivity index (χ0) is 29.8. The lowest BCUT2D eigenvalue weighted by Crippen LogP contribution is -2.14. The summed E-state index contributed by atoms with van der Waals surface area (Å²) in [5, 5.41) is 45.9. The summed E-state index contributed by atoms with van der Waals surface area (Å²) in [5.74, 6) is 0. The molecule has 2 heterocycles. The number of fused-ring (bicyclic) bond motifs is 1. The van der Waals surface area contributed by atoms with Gasteiger partial charge in [-0.2, -0.15) is 15.8 Å². The van der Waals surface area contributed by atoms with Gasteiger partial charge in [0.05, 0.1) is 63.8 Å². The second-order valence-corrected chi connectivity index (χ2v) is 10.9. The maximum absolute atomic E-state index is 10.0. The predicted molar refractivity (Wildman–Crippen MR) is 164 cm³/mol. The molecule has 1 unspecified atom stereocenters. The van der Waals surface area contributed by atoms with Crippen molar-refractivity contribution in [2.45, 2.75) is 43.8 Å². The van der Waals surface area contributed by atoms with E-state index >= 15 is 0 Å². The summed E-state index contributed by atoms with van der Waals surface area (Å²) < 4.78 is 1.89. The van der Waals surface area contributed by atoms with Crippen molar-refractivity contribution in [1.82, 2.24) is 20.0 Å². The van der Waals surface area contributed by atoms with Gasteiger partial charge in [0.15, 0.2) is 0 Å². The highest BCUT2D eigenvalue weighted by Gasteiger charge is 2.27. The van der Waals surface area contributed by atoms with Crippen molar-refractivity contribution in [3.8, 4) is 18.2 Å². The molecule has 2 N–H and O–H groups in total. The van der Waals surface area contributed by atoms with Crippen molar-refractivity contribution in [2.24, 2.45) is 0 Å². The molecular formula is C33H26ClN9. The molecule has 0 bridgehead atoms. The normalized spacial score (nSPS) is 13.8. The van der Waals surface area contributed by atoms with E-state index in [4.69, 9.17) is 11.6 Å². The molecule has 0 aliphatic heterocycles. The van der Waals surface area contributed by atoms with Gasteiger partial charge in [-0.25, -0.2) is 4.68 Å². The molecule has 43 heavy (non-hydrogen) atoms. The van der Waals surface area contributed by atoms with E-state index in [2.05, 4.69) is 44.1 Å². The minimum absolute atomic E-state index is 0.215. The monoisotopic (exact) mass is 583 g/mol. The van der Waals surface area contributed by atoms with Gasteiger partial charge in [-0.3, -0.25) is 4.98 Å². The topological polar surface area (TPSA) is 139 Å². The number of halogens is 1. The van der Waals surface area contributed by atoms with E-state index in [1.54, 1.807) is 12.1 Å². The molecule has 0 amide bonds. The first-order valence-electron chi connectivity index (χ1n) is 14.0. The molecule has 0 spiro atoms. The Bertz CT molecular complexity index is 1910. The number of nitrogens with one attached hydrogen (secondary N) is 2. The smallest absolute Gasteiger partial charge is 0.109 e. The van der Waals surface area contributed by atoms with Crippen molar-refractivity contribution in [3.63, 3.8) is 0 Å². The fraction of sp³-hybridized carbons (Fsp3) is 0.212. The Morgan fingerprint density at radius 1 is 0.953 bits per heavy atom. The number of nitriles is 3. The summed E-state index contributed by atoms with van der Waals surface area (Å²) in [7, 11) is 0. The van der Waals surface area contributed by atoms with Crippen LogP contribution in [0.2, 0.25) is 5.02 Å². The number of hydrogen-bond acceptors (Lipinski definition) is 8. The van der Waals surface area contributed by atoms with Crippen molar-refractivity contribution in [3.05, 3.63) is 112 Å². The quantitative estimate of drug-likeness (QED) is 0.176. The lowest BCUT2D eigenvalue weighted by atomic mass is 9.99. The van der Waals surface area contributed by atoms with Gasteiger partial charge in [-0.05, 0) is 54.7 Å². The highest BCUT2D eigenvalue weighted by atomic mass is 35.5. The number of nitrogens with zero attached hydrogens (tertiary/aromatic N) is 7. The summed E-state index contributed by atoms with van der Waals surface area (Å²) in [4.78, 5) is 4.51. The summed E-state index contributed by atoms with van der Waals surface area (Å²) in [5.41, 5.74) is 5.28. The molecule has 5 aromatic rings. The number of hydrogen-bond donors (Lipinski definition) is 2. The average Bonchev–Trinajstić information content (AvgIpc) is 3.78. The summed E-state index contributed by atoms with van der Waals surface area (Å²) in [6.45, 7) is 0. The highest BCUT2D eigenvalue weighted by Crippen LogP contribution is 2.38. The average molecular weight is 584 g/mol. The molecule has 1 saturated carbocycles. The van der Waals surface area contributed by atoms with Gasteiger partial charge < -0.3 is 10.6 Å². The molecule has 9 nitrogen and oxygen atoms in total. The third kappa shape index (κ3) is 5.97. The predicted octanol–water partition coefficient (Wildman–Crippen LogP) is 7.22. The lowest BCUT2D eigenvalue weighted by Gasteiger charge is -2.23. The van der Waals surface area contributed by atoms with Gasteiger partial charge in [0.2, 0.25) is 0 Å². The van der Waals surface area contributed by atoms with E-state index in [0.29, 0.717) is 63.0 Å². The Morgan fingerprint density at radius 3 is 2.51 bits per heavy atom. The van der Waals surface area contributed by atoms with Crippen molar-refractivity contribution < 1.29 is 0 Å². The van der Waals surface area contributed by atoms with Crippen LogP contribution in [-0.2, 0) is 0 Å². The van der Waals surface area contributed by atoms with Crippen LogP contribution in [0.1, 0.15) is 71.8 Å². The minimum atomic E-state index is -0.425. The van der Waals surface area contributed by atoms with Gasteiger partial charge in [-0.15, -0.1) is 5.10 Å². The van der Waals surface area contributed by atoms with Crippen LogP contribution in [0, 0.1) is 34.0 Å². The number of rotatable bonds is 10.